The van der Waals surface area contributed by atoms with E-state index < -0.39 is 10.0 Å². The third-order valence-electron chi connectivity index (χ3n) is 6.65. The molecule has 0 saturated carbocycles. The summed E-state index contributed by atoms with van der Waals surface area (Å²) in [6.45, 7) is 4.60. The summed E-state index contributed by atoms with van der Waals surface area (Å²) in [6, 6.07) is 8.72. The Labute approximate surface area is 206 Å². The predicted molar refractivity (Wildman–Crippen MR) is 137 cm³/mol. The number of benzene rings is 1. The van der Waals surface area contributed by atoms with Crippen LogP contribution in [0.3, 0.4) is 0 Å². The van der Waals surface area contributed by atoms with Crippen molar-refractivity contribution in [2.75, 3.05) is 38.5 Å². The summed E-state index contributed by atoms with van der Waals surface area (Å²) in [4.78, 5) is 11.5. The molecule has 1 saturated heterocycles. The van der Waals surface area contributed by atoms with E-state index in [4.69, 9.17) is 4.98 Å². The van der Waals surface area contributed by atoms with Gasteiger partial charge in [-0.25, -0.2) is 18.4 Å². The lowest BCUT2D eigenvalue weighted by Crippen LogP contribution is -2.52. The topological polar surface area (TPSA) is 102 Å². The zero-order valence-corrected chi connectivity index (χ0v) is 20.8. The minimum Gasteiger partial charge on any atom is -0.365 e. The first-order chi connectivity index (χ1) is 16.9. The van der Waals surface area contributed by atoms with Crippen LogP contribution < -0.4 is 16.0 Å². The predicted octanol–water partition coefficient (Wildman–Crippen LogP) is 2.64. The molecule has 4 heterocycles. The molecule has 1 fully saturated rings. The fourth-order valence-electron chi connectivity index (χ4n) is 4.74. The van der Waals surface area contributed by atoms with Gasteiger partial charge in [0.1, 0.15) is 5.66 Å². The number of dihydropyridines is 1. The van der Waals surface area contributed by atoms with E-state index in [0.29, 0.717) is 24.7 Å². The third kappa shape index (κ3) is 4.56. The van der Waals surface area contributed by atoms with Crippen molar-refractivity contribution in [3.05, 3.63) is 72.3 Å². The maximum absolute atomic E-state index is 13.2. The molecule has 0 amide bonds. The van der Waals surface area contributed by atoms with E-state index in [1.54, 1.807) is 28.7 Å². The van der Waals surface area contributed by atoms with Gasteiger partial charge in [-0.15, -0.1) is 0 Å². The minimum atomic E-state index is -3.56. The zero-order chi connectivity index (χ0) is 24.5. The van der Waals surface area contributed by atoms with E-state index in [9.17, 15) is 8.42 Å². The van der Waals surface area contributed by atoms with Crippen LogP contribution in [-0.2, 0) is 10.0 Å². The molecular formula is C25H31N7O2S. The number of rotatable bonds is 7. The summed E-state index contributed by atoms with van der Waals surface area (Å²) in [5.41, 5.74) is 3.25. The quantitative estimate of drug-likeness (QED) is 0.541. The van der Waals surface area contributed by atoms with Gasteiger partial charge in [0.15, 0.2) is 0 Å². The Bertz CT molecular complexity index is 1300. The molecule has 2 aromatic rings. The van der Waals surface area contributed by atoms with Crippen molar-refractivity contribution in [3.63, 3.8) is 0 Å². The van der Waals surface area contributed by atoms with Crippen LogP contribution in [0.15, 0.2) is 71.5 Å². The molecule has 3 aliphatic rings. The summed E-state index contributed by atoms with van der Waals surface area (Å²) in [7, 11) is -1.56. The number of nitrogens with one attached hydrogen (secondary N) is 3. The average Bonchev–Trinajstić information content (AvgIpc) is 3.24. The van der Waals surface area contributed by atoms with Crippen LogP contribution in [-0.4, -0.2) is 66.5 Å². The molecule has 1 aromatic heterocycles. The van der Waals surface area contributed by atoms with Gasteiger partial charge in [0.2, 0.25) is 16.0 Å². The molecule has 0 aliphatic carbocycles. The van der Waals surface area contributed by atoms with Crippen LogP contribution in [0.4, 0.5) is 11.6 Å². The second-order valence-corrected chi connectivity index (χ2v) is 11.0. The number of nitrogens with zero attached hydrogens (tertiary/aromatic N) is 4. The van der Waals surface area contributed by atoms with Crippen molar-refractivity contribution < 1.29 is 8.42 Å². The van der Waals surface area contributed by atoms with Gasteiger partial charge in [0.05, 0.1) is 10.6 Å². The van der Waals surface area contributed by atoms with Gasteiger partial charge in [0.25, 0.3) is 0 Å². The first kappa shape index (κ1) is 23.5. The fourth-order valence-corrected chi connectivity index (χ4v) is 6.21. The molecule has 1 aromatic carbocycles. The van der Waals surface area contributed by atoms with Crippen molar-refractivity contribution in [2.45, 2.75) is 30.3 Å². The second-order valence-electron chi connectivity index (χ2n) is 9.07. The smallest absolute Gasteiger partial charge is 0.243 e. The summed E-state index contributed by atoms with van der Waals surface area (Å²) in [5.74, 6) is 0.408. The molecule has 10 heteroatoms. The van der Waals surface area contributed by atoms with Gasteiger partial charge in [0, 0.05) is 55.4 Å². The number of hydrogen-bond acceptors (Lipinski definition) is 8. The fraction of sp³-hybridized carbons (Fsp3) is 0.360. The average molecular weight is 494 g/mol. The molecule has 3 aliphatic heterocycles. The van der Waals surface area contributed by atoms with Crippen molar-refractivity contribution in [3.8, 4) is 0 Å². The monoisotopic (exact) mass is 493 g/mol. The Morgan fingerprint density at radius 3 is 2.77 bits per heavy atom. The number of aromatic nitrogens is 2. The normalized spacial score (nSPS) is 22.6. The number of fused-ring (bicyclic) bond motifs is 1. The van der Waals surface area contributed by atoms with Gasteiger partial charge in [-0.1, -0.05) is 25.5 Å². The van der Waals surface area contributed by atoms with Gasteiger partial charge in [-0.05, 0) is 50.0 Å². The Kier molecular flexibility index (Phi) is 6.35. The second kappa shape index (κ2) is 9.44. The highest BCUT2D eigenvalue weighted by Gasteiger charge is 2.39. The van der Waals surface area contributed by atoms with Crippen molar-refractivity contribution in [2.24, 2.45) is 0 Å². The van der Waals surface area contributed by atoms with E-state index in [0.717, 1.165) is 42.8 Å². The maximum Gasteiger partial charge on any atom is 0.243 e. The maximum atomic E-state index is 13.2. The van der Waals surface area contributed by atoms with Crippen molar-refractivity contribution in [1.29, 1.82) is 0 Å². The molecule has 9 nitrogen and oxygen atoms in total. The van der Waals surface area contributed by atoms with Gasteiger partial charge in [-0.2, -0.15) is 4.31 Å². The van der Waals surface area contributed by atoms with Gasteiger partial charge in [-0.3, -0.25) is 0 Å². The number of sulfonamides is 1. The molecule has 5 rings (SSSR count). The first-order valence-electron chi connectivity index (χ1n) is 11.9. The highest BCUT2D eigenvalue weighted by atomic mass is 32.2. The lowest BCUT2D eigenvalue weighted by atomic mass is 9.89. The molecule has 35 heavy (non-hydrogen) atoms. The Morgan fingerprint density at radius 1 is 1.14 bits per heavy atom. The Morgan fingerprint density at radius 2 is 1.97 bits per heavy atom. The molecule has 1 atom stereocenters. The summed E-state index contributed by atoms with van der Waals surface area (Å²) < 4.78 is 27.9. The Hall–Kier alpha value is -3.21. The first-order valence-corrected chi connectivity index (χ1v) is 13.4. The van der Waals surface area contributed by atoms with Crippen LogP contribution in [0.2, 0.25) is 0 Å². The van der Waals surface area contributed by atoms with Crippen LogP contribution in [0.5, 0.6) is 0 Å². The molecule has 3 N–H and O–H groups in total. The summed E-state index contributed by atoms with van der Waals surface area (Å²) in [5, 5.41) is 10.2. The molecule has 0 bridgehead atoms. The van der Waals surface area contributed by atoms with E-state index in [1.165, 1.54) is 0 Å². The van der Waals surface area contributed by atoms with Crippen LogP contribution >= 0.6 is 0 Å². The highest BCUT2D eigenvalue weighted by molar-refractivity contribution is 7.89. The van der Waals surface area contributed by atoms with Crippen LogP contribution in [0.1, 0.15) is 25.5 Å². The number of hydrogen-bond donors (Lipinski definition) is 3. The molecule has 184 valence electrons. The van der Waals surface area contributed by atoms with Gasteiger partial charge < -0.3 is 20.9 Å². The van der Waals surface area contributed by atoms with E-state index in [1.807, 2.05) is 37.7 Å². The number of piperazine rings is 1. The zero-order valence-electron chi connectivity index (χ0n) is 20.0. The molecule has 0 radical (unpaired) electrons. The van der Waals surface area contributed by atoms with Gasteiger partial charge >= 0.3 is 0 Å². The Balaban J connectivity index is 1.36. The third-order valence-corrected chi connectivity index (χ3v) is 8.54. The van der Waals surface area contributed by atoms with Crippen molar-refractivity contribution in [1.82, 2.24) is 29.8 Å². The SMILES string of the molecule is CCCC12NC=CC=C1C(c1ccnc(Nc3cccc(S(=O)(=O)N4CCN(C)CC4)c3)n1)=CN2. The van der Waals surface area contributed by atoms with E-state index in [-0.39, 0.29) is 10.6 Å². The van der Waals surface area contributed by atoms with Crippen LogP contribution in [0, 0.1) is 0 Å². The van der Waals surface area contributed by atoms with E-state index >= 15 is 0 Å². The summed E-state index contributed by atoms with van der Waals surface area (Å²) in [6.07, 6.45) is 11.7. The molecular weight excluding hydrogens is 462 g/mol. The lowest BCUT2D eigenvalue weighted by Gasteiger charge is -2.34. The molecule has 1 unspecified atom stereocenters. The summed E-state index contributed by atoms with van der Waals surface area (Å²) >= 11 is 0. The molecule has 0 spiro atoms. The largest absolute Gasteiger partial charge is 0.365 e. The number of anilines is 2. The van der Waals surface area contributed by atoms with Crippen LogP contribution in [0.25, 0.3) is 5.57 Å². The number of likely N-dealkylation sites (N-methyl/N-ethyl adjacent to an activating group) is 1. The standard InChI is InChI=1S/C25H31N7O2S/c1-3-10-25-22(8-5-11-27-25)21(18-28-25)23-9-12-26-24(30-23)29-19-6-4-7-20(17-19)35(33,34)32-15-13-31(2)14-16-32/h4-9,11-12,17-18,27-28H,3,10,13-16H2,1-2H3,(H,26,29,30). The minimum absolute atomic E-state index is 0.264. The van der Waals surface area contributed by atoms with E-state index in [2.05, 4.69) is 38.8 Å². The lowest BCUT2D eigenvalue weighted by molar-refractivity contribution is 0.222. The number of allylic oxidation sites excluding steroid dienone is 2. The highest BCUT2D eigenvalue weighted by Crippen LogP contribution is 2.38. The van der Waals surface area contributed by atoms with Crippen molar-refractivity contribution >= 4 is 27.2 Å².